The minimum atomic E-state index is -0.295. The normalized spacial score (nSPS) is 10.4. The highest BCUT2D eigenvalue weighted by molar-refractivity contribution is 6.32. The maximum Gasteiger partial charge on any atom is 0.262 e. The summed E-state index contributed by atoms with van der Waals surface area (Å²) in [7, 11) is 1.63. The Balaban J connectivity index is 1.51. The Morgan fingerprint density at radius 2 is 1.67 bits per heavy atom. The van der Waals surface area contributed by atoms with Gasteiger partial charge in [0.15, 0.2) is 6.61 Å². The van der Waals surface area contributed by atoms with Crippen LogP contribution < -0.4 is 20.1 Å². The Morgan fingerprint density at radius 1 is 0.933 bits per heavy atom. The van der Waals surface area contributed by atoms with Crippen molar-refractivity contribution in [2.45, 2.75) is 13.5 Å². The van der Waals surface area contributed by atoms with Crippen LogP contribution in [-0.4, -0.2) is 19.6 Å². The molecular weight excluding hydrogens is 423 g/mol. The number of amides is 1. The predicted octanol–water partition coefficient (Wildman–Crippen LogP) is 5.94. The van der Waals surface area contributed by atoms with Crippen molar-refractivity contribution in [1.29, 1.82) is 0 Å². The van der Waals surface area contributed by atoms with Gasteiger partial charge in [0.2, 0.25) is 0 Å². The van der Waals surface area contributed by atoms with Gasteiger partial charge in [0.25, 0.3) is 5.91 Å². The molecule has 0 saturated heterocycles. The van der Waals surface area contributed by atoms with E-state index in [9.17, 15) is 4.79 Å². The van der Waals surface area contributed by atoms with Crippen molar-refractivity contribution < 1.29 is 14.3 Å². The average molecular weight is 445 g/mol. The third-order valence-electron chi connectivity index (χ3n) is 4.40. The molecule has 0 aliphatic carbocycles. The van der Waals surface area contributed by atoms with Crippen molar-refractivity contribution in [2.75, 3.05) is 24.4 Å². The van der Waals surface area contributed by atoms with Crippen LogP contribution >= 0.6 is 23.2 Å². The molecule has 0 fully saturated rings. The minimum absolute atomic E-state index is 0.158. The lowest BCUT2D eigenvalue weighted by Crippen LogP contribution is -2.20. The summed E-state index contributed by atoms with van der Waals surface area (Å²) in [4.78, 5) is 12.1. The van der Waals surface area contributed by atoms with E-state index < -0.39 is 0 Å². The van der Waals surface area contributed by atoms with Crippen LogP contribution in [0.2, 0.25) is 10.0 Å². The molecule has 3 rings (SSSR count). The van der Waals surface area contributed by atoms with Gasteiger partial charge in [-0.25, -0.2) is 0 Å². The molecule has 0 unspecified atom stereocenters. The molecule has 0 atom stereocenters. The van der Waals surface area contributed by atoms with Crippen molar-refractivity contribution in [3.05, 3.63) is 81.8 Å². The van der Waals surface area contributed by atoms with Gasteiger partial charge in [-0.1, -0.05) is 35.3 Å². The standard InChI is InChI=1S/C23H22Cl2N2O3/c1-15-3-5-18(12-20(15)24)27-23(28)14-30-22-10-4-16(11-21(22)25)13-26-17-6-8-19(29-2)9-7-17/h3-12,26H,13-14H2,1-2H3,(H,27,28). The second-order valence-corrected chi connectivity index (χ2v) is 7.46. The lowest BCUT2D eigenvalue weighted by atomic mass is 10.2. The Kier molecular flexibility index (Phi) is 7.44. The number of anilines is 2. The second-order valence-electron chi connectivity index (χ2n) is 6.65. The Bertz CT molecular complexity index is 1020. The predicted molar refractivity (Wildman–Crippen MR) is 122 cm³/mol. The van der Waals surface area contributed by atoms with Crippen LogP contribution in [0.5, 0.6) is 11.5 Å². The molecule has 1 amide bonds. The summed E-state index contributed by atoms with van der Waals surface area (Å²) in [5, 5.41) is 7.10. The Hall–Kier alpha value is -2.89. The van der Waals surface area contributed by atoms with Gasteiger partial charge in [0.1, 0.15) is 11.5 Å². The summed E-state index contributed by atoms with van der Waals surface area (Å²) in [6.45, 7) is 2.34. The first kappa shape index (κ1) is 21.8. The van der Waals surface area contributed by atoms with Crippen LogP contribution in [0.25, 0.3) is 0 Å². The lowest BCUT2D eigenvalue weighted by Gasteiger charge is -2.12. The van der Waals surface area contributed by atoms with E-state index in [0.29, 0.717) is 28.0 Å². The quantitative estimate of drug-likeness (QED) is 0.451. The Labute approximate surface area is 185 Å². The number of carbonyl (C=O) groups is 1. The highest BCUT2D eigenvalue weighted by Gasteiger charge is 2.08. The number of hydrogen-bond acceptors (Lipinski definition) is 4. The number of aryl methyl sites for hydroxylation is 1. The number of carbonyl (C=O) groups excluding carboxylic acids is 1. The topological polar surface area (TPSA) is 59.6 Å². The molecule has 5 nitrogen and oxygen atoms in total. The van der Waals surface area contributed by atoms with E-state index in [4.69, 9.17) is 32.7 Å². The van der Waals surface area contributed by atoms with Crippen molar-refractivity contribution in [3.8, 4) is 11.5 Å². The van der Waals surface area contributed by atoms with Crippen LogP contribution in [-0.2, 0) is 11.3 Å². The van der Waals surface area contributed by atoms with Crippen LogP contribution in [0, 0.1) is 6.92 Å². The highest BCUT2D eigenvalue weighted by atomic mass is 35.5. The number of ether oxygens (including phenoxy) is 2. The summed E-state index contributed by atoms with van der Waals surface area (Å²) in [6.07, 6.45) is 0. The van der Waals surface area contributed by atoms with Crippen molar-refractivity contribution in [2.24, 2.45) is 0 Å². The molecule has 0 radical (unpaired) electrons. The van der Waals surface area contributed by atoms with Gasteiger partial charge < -0.3 is 20.1 Å². The third-order valence-corrected chi connectivity index (χ3v) is 5.10. The van der Waals surface area contributed by atoms with Crippen LogP contribution in [0.1, 0.15) is 11.1 Å². The van der Waals surface area contributed by atoms with E-state index in [1.54, 1.807) is 25.3 Å². The first-order chi connectivity index (χ1) is 14.4. The van der Waals surface area contributed by atoms with E-state index >= 15 is 0 Å². The van der Waals surface area contributed by atoms with Crippen molar-refractivity contribution in [3.63, 3.8) is 0 Å². The van der Waals surface area contributed by atoms with E-state index in [2.05, 4.69) is 10.6 Å². The number of nitrogens with one attached hydrogen (secondary N) is 2. The SMILES string of the molecule is COc1ccc(NCc2ccc(OCC(=O)Nc3ccc(C)c(Cl)c3)c(Cl)c2)cc1. The van der Waals surface area contributed by atoms with Gasteiger partial charge in [-0.2, -0.15) is 0 Å². The van der Waals surface area contributed by atoms with Crippen LogP contribution in [0.3, 0.4) is 0 Å². The zero-order valence-electron chi connectivity index (χ0n) is 16.7. The van der Waals surface area contributed by atoms with E-state index in [1.165, 1.54) is 0 Å². The maximum absolute atomic E-state index is 12.1. The first-order valence-electron chi connectivity index (χ1n) is 9.30. The highest BCUT2D eigenvalue weighted by Crippen LogP contribution is 2.26. The van der Waals surface area contributed by atoms with Gasteiger partial charge in [-0.05, 0) is 66.6 Å². The van der Waals surface area contributed by atoms with Gasteiger partial charge in [0.05, 0.1) is 12.1 Å². The summed E-state index contributed by atoms with van der Waals surface area (Å²) < 4.78 is 10.7. The van der Waals surface area contributed by atoms with Crippen molar-refractivity contribution >= 4 is 40.5 Å². The van der Waals surface area contributed by atoms with Gasteiger partial charge in [-0.15, -0.1) is 0 Å². The number of methoxy groups -OCH3 is 1. The molecule has 3 aromatic rings. The first-order valence-corrected chi connectivity index (χ1v) is 10.1. The summed E-state index contributed by atoms with van der Waals surface area (Å²) in [6, 6.07) is 18.5. The maximum atomic E-state index is 12.1. The molecule has 2 N–H and O–H groups in total. The third kappa shape index (κ3) is 6.05. The van der Waals surface area contributed by atoms with Gasteiger partial charge >= 0.3 is 0 Å². The molecule has 7 heteroatoms. The number of benzene rings is 3. The molecule has 3 aromatic carbocycles. The summed E-state index contributed by atoms with van der Waals surface area (Å²) in [5.41, 5.74) is 3.52. The number of halogens is 2. The minimum Gasteiger partial charge on any atom is -0.497 e. The van der Waals surface area contributed by atoms with Gasteiger partial charge in [0, 0.05) is 22.9 Å². The molecular formula is C23H22Cl2N2O3. The monoisotopic (exact) mass is 444 g/mol. The van der Waals surface area contributed by atoms with E-state index in [0.717, 1.165) is 22.6 Å². The molecule has 30 heavy (non-hydrogen) atoms. The molecule has 0 aliphatic heterocycles. The molecule has 0 spiro atoms. The fourth-order valence-corrected chi connectivity index (χ4v) is 3.13. The molecule has 0 aliphatic rings. The second kappa shape index (κ2) is 10.2. The number of hydrogen-bond donors (Lipinski definition) is 2. The largest absolute Gasteiger partial charge is 0.497 e. The smallest absolute Gasteiger partial charge is 0.262 e. The Morgan fingerprint density at radius 3 is 2.33 bits per heavy atom. The number of rotatable bonds is 8. The van der Waals surface area contributed by atoms with Crippen LogP contribution in [0.15, 0.2) is 60.7 Å². The summed E-state index contributed by atoms with van der Waals surface area (Å²) in [5.74, 6) is 0.956. The van der Waals surface area contributed by atoms with E-state index in [-0.39, 0.29) is 12.5 Å². The zero-order chi connectivity index (χ0) is 21.5. The van der Waals surface area contributed by atoms with Gasteiger partial charge in [-0.3, -0.25) is 4.79 Å². The fraction of sp³-hybridized carbons (Fsp3) is 0.174. The fourth-order valence-electron chi connectivity index (χ4n) is 2.70. The van der Waals surface area contributed by atoms with Crippen LogP contribution in [0.4, 0.5) is 11.4 Å². The molecule has 0 aromatic heterocycles. The lowest BCUT2D eigenvalue weighted by molar-refractivity contribution is -0.118. The molecule has 156 valence electrons. The summed E-state index contributed by atoms with van der Waals surface area (Å²) >= 11 is 12.4. The van der Waals surface area contributed by atoms with Crippen molar-refractivity contribution in [1.82, 2.24) is 0 Å². The average Bonchev–Trinajstić information content (AvgIpc) is 2.74. The molecule has 0 saturated carbocycles. The van der Waals surface area contributed by atoms with E-state index in [1.807, 2.05) is 49.4 Å². The molecule has 0 heterocycles. The zero-order valence-corrected chi connectivity index (χ0v) is 18.2. The molecule has 0 bridgehead atoms.